The van der Waals surface area contributed by atoms with Crippen LogP contribution in [-0.2, 0) is 0 Å². The lowest BCUT2D eigenvalue weighted by Crippen LogP contribution is -2.14. The number of benzene rings is 2. The van der Waals surface area contributed by atoms with Gasteiger partial charge < -0.3 is 10.4 Å². The summed E-state index contributed by atoms with van der Waals surface area (Å²) in [6, 6.07) is 10.2. The molecule has 0 aliphatic rings. The maximum Gasteiger partial charge on any atom is 0.256 e. The fourth-order valence-corrected chi connectivity index (χ4v) is 1.80. The van der Waals surface area contributed by atoms with E-state index < -0.39 is 11.7 Å². The van der Waals surface area contributed by atoms with E-state index in [1.165, 1.54) is 30.3 Å². The van der Waals surface area contributed by atoms with Crippen molar-refractivity contribution in [3.63, 3.8) is 0 Å². The van der Waals surface area contributed by atoms with Gasteiger partial charge in [-0.2, -0.15) is 5.26 Å². The Balaban J connectivity index is 2.36. The Morgan fingerprint density at radius 1 is 1.30 bits per heavy atom. The summed E-state index contributed by atoms with van der Waals surface area (Å²) in [5, 5.41) is 20.9. The van der Waals surface area contributed by atoms with E-state index in [-0.39, 0.29) is 22.6 Å². The summed E-state index contributed by atoms with van der Waals surface area (Å²) in [5.74, 6) is -1.21. The standard InChI is InChI=1S/C15H11FN2O2/c1-9-10(4-2-7-14(9)19)15(20)18-13-6-3-5-12(16)11(13)8-17/h2-7,19H,1H3,(H,18,20). The Morgan fingerprint density at radius 3 is 2.70 bits per heavy atom. The van der Waals surface area contributed by atoms with Gasteiger partial charge in [-0.1, -0.05) is 12.1 Å². The average molecular weight is 270 g/mol. The summed E-state index contributed by atoms with van der Waals surface area (Å²) in [6.07, 6.45) is 0. The third-order valence-electron chi connectivity index (χ3n) is 2.92. The molecule has 0 spiro atoms. The second kappa shape index (κ2) is 5.41. The van der Waals surface area contributed by atoms with Gasteiger partial charge in [-0.15, -0.1) is 0 Å². The van der Waals surface area contributed by atoms with Crippen molar-refractivity contribution in [2.45, 2.75) is 6.92 Å². The monoisotopic (exact) mass is 270 g/mol. The number of carbonyl (C=O) groups is 1. The summed E-state index contributed by atoms with van der Waals surface area (Å²) in [4.78, 5) is 12.1. The van der Waals surface area contributed by atoms with E-state index >= 15 is 0 Å². The van der Waals surface area contributed by atoms with Crippen molar-refractivity contribution in [1.82, 2.24) is 0 Å². The summed E-state index contributed by atoms with van der Waals surface area (Å²) in [7, 11) is 0. The molecule has 5 heteroatoms. The SMILES string of the molecule is Cc1c(O)cccc1C(=O)Nc1cccc(F)c1C#N. The number of nitrogens with one attached hydrogen (secondary N) is 1. The second-order valence-corrected chi connectivity index (χ2v) is 4.18. The third-order valence-corrected chi connectivity index (χ3v) is 2.92. The van der Waals surface area contributed by atoms with Gasteiger partial charge in [0.1, 0.15) is 23.2 Å². The fraction of sp³-hybridized carbons (Fsp3) is 0.0667. The Morgan fingerprint density at radius 2 is 2.00 bits per heavy atom. The predicted molar refractivity (Wildman–Crippen MR) is 71.9 cm³/mol. The highest BCUT2D eigenvalue weighted by atomic mass is 19.1. The Bertz CT molecular complexity index is 720. The third kappa shape index (κ3) is 2.45. The minimum Gasteiger partial charge on any atom is -0.508 e. The molecule has 2 rings (SSSR count). The number of halogens is 1. The van der Waals surface area contributed by atoms with Crippen molar-refractivity contribution >= 4 is 11.6 Å². The van der Waals surface area contributed by atoms with Gasteiger partial charge in [-0.05, 0) is 31.2 Å². The lowest BCUT2D eigenvalue weighted by Gasteiger charge is -2.10. The van der Waals surface area contributed by atoms with Crippen molar-refractivity contribution in [2.75, 3.05) is 5.32 Å². The first-order valence-corrected chi connectivity index (χ1v) is 5.83. The number of hydrogen-bond acceptors (Lipinski definition) is 3. The van der Waals surface area contributed by atoms with Gasteiger partial charge in [0.25, 0.3) is 5.91 Å². The van der Waals surface area contributed by atoms with Gasteiger partial charge in [-0.25, -0.2) is 4.39 Å². The summed E-state index contributed by atoms with van der Waals surface area (Å²) in [6.45, 7) is 1.60. The lowest BCUT2D eigenvalue weighted by atomic mass is 10.1. The van der Waals surface area contributed by atoms with Crippen LogP contribution >= 0.6 is 0 Å². The van der Waals surface area contributed by atoms with Crippen LogP contribution in [0.5, 0.6) is 5.75 Å². The molecule has 0 aliphatic carbocycles. The molecule has 20 heavy (non-hydrogen) atoms. The molecular formula is C15H11FN2O2. The number of phenolic OH excluding ortho intramolecular Hbond substituents is 1. The van der Waals surface area contributed by atoms with Gasteiger partial charge in [0.2, 0.25) is 0 Å². The molecular weight excluding hydrogens is 259 g/mol. The first-order chi connectivity index (χ1) is 9.54. The van der Waals surface area contributed by atoms with Gasteiger partial charge in [0.15, 0.2) is 0 Å². The van der Waals surface area contributed by atoms with Crippen LogP contribution in [-0.4, -0.2) is 11.0 Å². The van der Waals surface area contributed by atoms with Gasteiger partial charge in [0, 0.05) is 11.1 Å². The van der Waals surface area contributed by atoms with Crippen molar-refractivity contribution in [3.8, 4) is 11.8 Å². The number of amides is 1. The van der Waals surface area contributed by atoms with Gasteiger partial charge in [0.05, 0.1) is 5.69 Å². The van der Waals surface area contributed by atoms with Crippen LogP contribution in [0.15, 0.2) is 36.4 Å². The zero-order valence-corrected chi connectivity index (χ0v) is 10.6. The largest absolute Gasteiger partial charge is 0.508 e. The molecule has 2 N–H and O–H groups in total. The first kappa shape index (κ1) is 13.6. The summed E-state index contributed by atoms with van der Waals surface area (Å²) >= 11 is 0. The molecule has 0 radical (unpaired) electrons. The smallest absolute Gasteiger partial charge is 0.256 e. The molecule has 0 saturated carbocycles. The molecule has 2 aromatic carbocycles. The fourth-order valence-electron chi connectivity index (χ4n) is 1.80. The minimum absolute atomic E-state index is 0.00241. The highest BCUT2D eigenvalue weighted by molar-refractivity contribution is 6.06. The number of aromatic hydroxyl groups is 1. The molecule has 0 unspecified atom stereocenters. The normalized spacial score (nSPS) is 9.85. The summed E-state index contributed by atoms with van der Waals surface area (Å²) < 4.78 is 13.4. The van der Waals surface area contributed by atoms with Crippen LogP contribution in [0.4, 0.5) is 10.1 Å². The zero-order chi connectivity index (χ0) is 14.7. The van der Waals surface area contributed by atoms with Crippen molar-refractivity contribution in [3.05, 3.63) is 58.9 Å². The van der Waals surface area contributed by atoms with E-state index in [9.17, 15) is 14.3 Å². The number of rotatable bonds is 2. The van der Waals surface area contributed by atoms with Crippen molar-refractivity contribution in [2.24, 2.45) is 0 Å². The molecule has 0 bridgehead atoms. The number of anilines is 1. The van der Waals surface area contributed by atoms with Crippen LogP contribution in [0, 0.1) is 24.1 Å². The van der Waals surface area contributed by atoms with Crippen molar-refractivity contribution in [1.29, 1.82) is 5.26 Å². The first-order valence-electron chi connectivity index (χ1n) is 5.83. The Labute approximate surface area is 115 Å². The van der Waals surface area contributed by atoms with E-state index in [4.69, 9.17) is 5.26 Å². The lowest BCUT2D eigenvalue weighted by molar-refractivity contribution is 0.102. The van der Waals surface area contributed by atoms with Crippen LogP contribution in [0.3, 0.4) is 0 Å². The average Bonchev–Trinajstić information content (AvgIpc) is 2.42. The van der Waals surface area contributed by atoms with Crippen LogP contribution in [0.1, 0.15) is 21.5 Å². The predicted octanol–water partition coefficient (Wildman–Crippen LogP) is 2.96. The molecule has 0 fully saturated rings. The molecule has 0 saturated heterocycles. The molecule has 0 aliphatic heterocycles. The highest BCUT2D eigenvalue weighted by Gasteiger charge is 2.14. The number of phenols is 1. The molecule has 100 valence electrons. The minimum atomic E-state index is -0.696. The topological polar surface area (TPSA) is 73.1 Å². The van der Waals surface area contributed by atoms with Crippen molar-refractivity contribution < 1.29 is 14.3 Å². The number of hydrogen-bond donors (Lipinski definition) is 2. The Hall–Kier alpha value is -2.87. The van der Waals surface area contributed by atoms with E-state index in [1.807, 2.05) is 0 Å². The number of carbonyl (C=O) groups excluding carboxylic acids is 1. The quantitative estimate of drug-likeness (QED) is 0.881. The van der Waals surface area contributed by atoms with Crippen LogP contribution < -0.4 is 5.32 Å². The van der Waals surface area contributed by atoms with E-state index in [0.29, 0.717) is 5.56 Å². The van der Waals surface area contributed by atoms with Gasteiger partial charge >= 0.3 is 0 Å². The maximum absolute atomic E-state index is 13.4. The van der Waals surface area contributed by atoms with Crippen LogP contribution in [0.25, 0.3) is 0 Å². The molecule has 4 nitrogen and oxygen atoms in total. The molecule has 1 amide bonds. The van der Waals surface area contributed by atoms with Crippen LogP contribution in [0.2, 0.25) is 0 Å². The number of nitriles is 1. The summed E-state index contributed by atoms with van der Waals surface area (Å²) in [5.41, 5.74) is 0.553. The zero-order valence-electron chi connectivity index (χ0n) is 10.6. The van der Waals surface area contributed by atoms with E-state index in [1.54, 1.807) is 13.0 Å². The van der Waals surface area contributed by atoms with Gasteiger partial charge in [-0.3, -0.25) is 4.79 Å². The van der Waals surface area contributed by atoms with E-state index in [2.05, 4.69) is 5.32 Å². The maximum atomic E-state index is 13.4. The number of nitrogens with zero attached hydrogens (tertiary/aromatic N) is 1. The molecule has 0 atom stereocenters. The van der Waals surface area contributed by atoms with E-state index in [0.717, 1.165) is 6.07 Å². The molecule has 0 heterocycles. The molecule has 0 aromatic heterocycles. The highest BCUT2D eigenvalue weighted by Crippen LogP contribution is 2.22. The Kier molecular flexibility index (Phi) is 3.67. The molecule has 2 aromatic rings. The second-order valence-electron chi connectivity index (χ2n) is 4.18.